The number of nitrogens with one attached hydrogen (secondary N) is 1. The third-order valence-corrected chi connectivity index (χ3v) is 5.42. The molecule has 3 rings (SSSR count). The van der Waals surface area contributed by atoms with Crippen molar-refractivity contribution in [2.45, 2.75) is 37.1 Å². The van der Waals surface area contributed by atoms with Crippen LogP contribution in [0.3, 0.4) is 0 Å². The Bertz CT molecular complexity index is 1020. The second kappa shape index (κ2) is 8.82. The third-order valence-electron chi connectivity index (χ3n) is 4.93. The highest BCUT2D eigenvalue weighted by atomic mass is 31.2. The first-order valence-corrected chi connectivity index (χ1v) is 10.5. The van der Waals surface area contributed by atoms with E-state index in [2.05, 4.69) is 24.8 Å². The molecule has 0 aliphatic heterocycles. The molecule has 16 heteroatoms. The summed E-state index contributed by atoms with van der Waals surface area (Å²) in [6, 6.07) is -2.25. The molecule has 15 nitrogen and oxygen atoms in total. The predicted octanol–water partition coefficient (Wildman–Crippen LogP) is -1.44. The molecule has 0 amide bonds. The molecule has 2 heterocycles. The maximum absolute atomic E-state index is 11.3. The number of aliphatic carboxylic acids is 2. The molecular formula is C15H20N5O10P. The van der Waals surface area contributed by atoms with Crippen LogP contribution in [0.2, 0.25) is 0 Å². The van der Waals surface area contributed by atoms with Crippen LogP contribution in [0.5, 0.6) is 0 Å². The molecule has 0 unspecified atom stereocenters. The van der Waals surface area contributed by atoms with Gasteiger partial charge in [0.15, 0.2) is 11.5 Å². The summed E-state index contributed by atoms with van der Waals surface area (Å²) in [5, 5.41) is 41.2. The summed E-state index contributed by atoms with van der Waals surface area (Å²) >= 11 is 0. The van der Waals surface area contributed by atoms with Crippen molar-refractivity contribution in [3.63, 3.8) is 0 Å². The summed E-state index contributed by atoms with van der Waals surface area (Å²) in [5.74, 6) is -3.55. The second-order valence-corrected chi connectivity index (χ2v) is 8.25. The zero-order valence-electron chi connectivity index (χ0n) is 15.7. The fourth-order valence-electron chi connectivity index (χ4n) is 3.47. The van der Waals surface area contributed by atoms with Crippen molar-refractivity contribution < 1.29 is 48.9 Å². The molecular weight excluding hydrogens is 441 g/mol. The SMILES string of the molecule is O=C(O)C[C@H](Nc1ncnc2c1ncn2[C@@H]1C[C@H](COP(=O)(O)O)[C@@H](O)[C@H]1O)C(=O)O. The number of anilines is 1. The van der Waals surface area contributed by atoms with E-state index in [9.17, 15) is 29.5 Å². The first kappa shape index (κ1) is 23.0. The molecule has 170 valence electrons. The second-order valence-electron chi connectivity index (χ2n) is 7.01. The van der Waals surface area contributed by atoms with E-state index in [1.165, 1.54) is 10.9 Å². The van der Waals surface area contributed by atoms with Crippen LogP contribution in [0.15, 0.2) is 12.7 Å². The monoisotopic (exact) mass is 461 g/mol. The van der Waals surface area contributed by atoms with Gasteiger partial charge in [-0.2, -0.15) is 0 Å². The van der Waals surface area contributed by atoms with Crippen molar-refractivity contribution in [1.82, 2.24) is 19.5 Å². The van der Waals surface area contributed by atoms with Crippen molar-refractivity contribution in [3.8, 4) is 0 Å². The smallest absolute Gasteiger partial charge is 0.469 e. The van der Waals surface area contributed by atoms with Crippen molar-refractivity contribution >= 4 is 36.7 Å². The number of nitrogens with zero attached hydrogens (tertiary/aromatic N) is 4. The fourth-order valence-corrected chi connectivity index (χ4v) is 3.86. The zero-order valence-corrected chi connectivity index (χ0v) is 16.6. The third kappa shape index (κ3) is 5.15. The number of hydrogen-bond donors (Lipinski definition) is 7. The van der Waals surface area contributed by atoms with Gasteiger partial charge in [0.25, 0.3) is 0 Å². The van der Waals surface area contributed by atoms with Crippen LogP contribution in [0.4, 0.5) is 5.82 Å². The Kier molecular flexibility index (Phi) is 6.54. The van der Waals surface area contributed by atoms with Crippen LogP contribution in [0.25, 0.3) is 11.2 Å². The van der Waals surface area contributed by atoms with Gasteiger partial charge in [-0.15, -0.1) is 0 Å². The van der Waals surface area contributed by atoms with Gasteiger partial charge in [0.05, 0.1) is 31.5 Å². The number of carboxylic acid groups (broad SMARTS) is 2. The van der Waals surface area contributed by atoms with Crippen molar-refractivity contribution in [3.05, 3.63) is 12.7 Å². The van der Waals surface area contributed by atoms with E-state index in [1.807, 2.05) is 0 Å². The van der Waals surface area contributed by atoms with Crippen LogP contribution in [-0.4, -0.2) is 86.5 Å². The zero-order chi connectivity index (χ0) is 22.9. The number of imidazole rings is 1. The molecule has 1 fully saturated rings. The summed E-state index contributed by atoms with van der Waals surface area (Å²) in [6.45, 7) is -0.483. The number of hydrogen-bond acceptors (Lipinski definition) is 10. The highest BCUT2D eigenvalue weighted by molar-refractivity contribution is 7.46. The fraction of sp³-hybridized carbons (Fsp3) is 0.533. The Hall–Kier alpha value is -2.68. The number of aromatic nitrogens is 4. The molecule has 1 saturated carbocycles. The van der Waals surface area contributed by atoms with E-state index in [1.54, 1.807) is 0 Å². The lowest BCUT2D eigenvalue weighted by molar-refractivity contribution is -0.144. The van der Waals surface area contributed by atoms with Crippen LogP contribution in [-0.2, 0) is 18.7 Å². The lowest BCUT2D eigenvalue weighted by atomic mass is 10.1. The minimum atomic E-state index is -4.75. The Labute approximate surface area is 173 Å². The van der Waals surface area contributed by atoms with Crippen LogP contribution >= 0.6 is 7.82 Å². The van der Waals surface area contributed by atoms with Gasteiger partial charge in [0.1, 0.15) is 24.0 Å². The maximum Gasteiger partial charge on any atom is 0.469 e. The van der Waals surface area contributed by atoms with Gasteiger partial charge in [0.2, 0.25) is 0 Å². The Balaban J connectivity index is 1.86. The summed E-state index contributed by atoms with van der Waals surface area (Å²) in [5.41, 5.74) is 0.278. The normalized spacial score (nSPS) is 24.9. The predicted molar refractivity (Wildman–Crippen MR) is 99.8 cm³/mol. The number of carbonyl (C=O) groups is 2. The average molecular weight is 461 g/mol. The van der Waals surface area contributed by atoms with Crippen molar-refractivity contribution in [2.24, 2.45) is 5.92 Å². The molecule has 2 aromatic rings. The molecule has 5 atom stereocenters. The molecule has 7 N–H and O–H groups in total. The highest BCUT2D eigenvalue weighted by Crippen LogP contribution is 2.42. The number of aliphatic hydroxyl groups excluding tert-OH is 2. The highest BCUT2D eigenvalue weighted by Gasteiger charge is 2.44. The Morgan fingerprint density at radius 2 is 1.94 bits per heavy atom. The van der Waals surface area contributed by atoms with Crippen molar-refractivity contribution in [2.75, 3.05) is 11.9 Å². The van der Waals surface area contributed by atoms with Gasteiger partial charge in [0, 0.05) is 5.92 Å². The maximum atomic E-state index is 11.3. The van der Waals surface area contributed by atoms with Crippen LogP contribution in [0, 0.1) is 5.92 Å². The standard InChI is InChI=1S/C15H20N5O10P/c21-9(22)2-7(15(25)26)19-13-10-14(17-4-16-13)20(5-18-10)8-1-6(11(23)12(8)24)3-30-31(27,28)29/h4-8,11-12,23-24H,1-3H2,(H,21,22)(H,25,26)(H,16,17,19)(H2,27,28,29)/t6-,7+,8-,11-,12+/m1/s1. The van der Waals surface area contributed by atoms with E-state index < -0.39 is 63.0 Å². The van der Waals surface area contributed by atoms with Gasteiger partial charge in [-0.1, -0.05) is 0 Å². The summed E-state index contributed by atoms with van der Waals surface area (Å²) in [6.07, 6.45) is -0.916. The van der Waals surface area contributed by atoms with Crippen molar-refractivity contribution in [1.29, 1.82) is 0 Å². The average Bonchev–Trinajstić information content (AvgIpc) is 3.21. The number of fused-ring (bicyclic) bond motifs is 1. The van der Waals surface area contributed by atoms with E-state index >= 15 is 0 Å². The van der Waals surface area contributed by atoms with Gasteiger partial charge in [-0.3, -0.25) is 9.32 Å². The minimum Gasteiger partial charge on any atom is -0.481 e. The largest absolute Gasteiger partial charge is 0.481 e. The Morgan fingerprint density at radius 1 is 1.23 bits per heavy atom. The molecule has 2 aromatic heterocycles. The molecule has 1 aliphatic rings. The molecule has 0 bridgehead atoms. The van der Waals surface area contributed by atoms with Crippen LogP contribution < -0.4 is 5.32 Å². The lowest BCUT2D eigenvalue weighted by Gasteiger charge is -2.18. The van der Waals surface area contributed by atoms with E-state index in [0.717, 1.165) is 6.33 Å². The van der Waals surface area contributed by atoms with E-state index in [-0.39, 0.29) is 23.4 Å². The molecule has 1 aliphatic carbocycles. The summed E-state index contributed by atoms with van der Waals surface area (Å²) in [4.78, 5) is 52.0. The first-order valence-electron chi connectivity index (χ1n) is 8.93. The number of aliphatic hydroxyl groups is 2. The number of phosphoric ester groups is 1. The first-order chi connectivity index (χ1) is 14.5. The molecule has 0 radical (unpaired) electrons. The van der Waals surface area contributed by atoms with Crippen LogP contribution in [0.1, 0.15) is 18.9 Å². The van der Waals surface area contributed by atoms with E-state index in [4.69, 9.17) is 14.9 Å². The number of carboxylic acids is 2. The molecule has 0 saturated heterocycles. The van der Waals surface area contributed by atoms with Gasteiger partial charge in [-0.05, 0) is 6.42 Å². The van der Waals surface area contributed by atoms with Gasteiger partial charge < -0.3 is 40.1 Å². The Morgan fingerprint density at radius 3 is 2.55 bits per heavy atom. The minimum absolute atomic E-state index is 0.0354. The summed E-state index contributed by atoms with van der Waals surface area (Å²) < 4.78 is 16.8. The number of phosphoric acid groups is 1. The van der Waals surface area contributed by atoms with Gasteiger partial charge >= 0.3 is 19.8 Å². The lowest BCUT2D eigenvalue weighted by Crippen LogP contribution is -2.32. The topological polar surface area (TPSA) is 237 Å². The summed E-state index contributed by atoms with van der Waals surface area (Å²) in [7, 11) is -4.75. The van der Waals surface area contributed by atoms with Gasteiger partial charge in [-0.25, -0.2) is 24.3 Å². The molecule has 31 heavy (non-hydrogen) atoms. The number of rotatable bonds is 9. The molecule has 0 aromatic carbocycles. The van der Waals surface area contributed by atoms with E-state index in [0.29, 0.717) is 0 Å². The molecule has 0 spiro atoms. The quantitative estimate of drug-likeness (QED) is 0.212.